The summed E-state index contributed by atoms with van der Waals surface area (Å²) in [6, 6.07) is 6.20. The van der Waals surface area contributed by atoms with E-state index in [0.29, 0.717) is 6.42 Å². The molecule has 0 saturated heterocycles. The quantitative estimate of drug-likeness (QED) is 0.356. The van der Waals surface area contributed by atoms with E-state index < -0.39 is 6.04 Å². The molecule has 0 bridgehead atoms. The predicted octanol–water partition coefficient (Wildman–Crippen LogP) is 2.11. The van der Waals surface area contributed by atoms with Crippen molar-refractivity contribution in [3.63, 3.8) is 0 Å². The van der Waals surface area contributed by atoms with Gasteiger partial charge in [-0.25, -0.2) is 0 Å². The number of esters is 1. The molecule has 6 nitrogen and oxygen atoms in total. The molecule has 0 unspecified atom stereocenters. The van der Waals surface area contributed by atoms with Gasteiger partial charge < -0.3 is 20.3 Å². The summed E-state index contributed by atoms with van der Waals surface area (Å²) in [5, 5.41) is 21.5. The maximum absolute atomic E-state index is 12.0. The van der Waals surface area contributed by atoms with Gasteiger partial charge in [0.15, 0.2) is 0 Å². The number of benzene rings is 1. The van der Waals surface area contributed by atoms with Crippen molar-refractivity contribution in [2.75, 3.05) is 13.7 Å². The Bertz CT molecular complexity index is 649. The number of phenols is 1. The number of aliphatic hydroxyl groups excluding tert-OH is 1. The van der Waals surface area contributed by atoms with Crippen molar-refractivity contribution in [3.05, 3.63) is 53.6 Å². The van der Waals surface area contributed by atoms with Crippen molar-refractivity contribution in [2.24, 2.45) is 5.92 Å². The fraction of sp³-hybridized carbons (Fsp3) is 0.400. The second kappa shape index (κ2) is 11.1. The number of aliphatic hydroxyl groups is 1. The van der Waals surface area contributed by atoms with E-state index in [-0.39, 0.29) is 36.6 Å². The van der Waals surface area contributed by atoms with E-state index >= 15 is 0 Å². The second-order valence-electron chi connectivity index (χ2n) is 6.26. The lowest BCUT2D eigenvalue weighted by molar-refractivity contribution is -0.141. The fourth-order valence-electron chi connectivity index (χ4n) is 2.44. The van der Waals surface area contributed by atoms with E-state index in [1.54, 1.807) is 30.3 Å². The summed E-state index contributed by atoms with van der Waals surface area (Å²) in [6.45, 7) is 3.55. The van der Waals surface area contributed by atoms with Gasteiger partial charge in [0.25, 0.3) is 0 Å². The average Bonchev–Trinajstić information content (AvgIpc) is 2.60. The number of phenolic OH excluding ortho intramolecular Hbond substituents is 1. The lowest BCUT2D eigenvalue weighted by Crippen LogP contribution is -2.38. The Labute approximate surface area is 154 Å². The third-order valence-electron chi connectivity index (χ3n) is 3.75. The van der Waals surface area contributed by atoms with Gasteiger partial charge in [-0.3, -0.25) is 9.59 Å². The first-order chi connectivity index (χ1) is 12.3. The number of carbonyl (C=O) groups excluding carboxylic acids is 2. The number of rotatable bonds is 9. The van der Waals surface area contributed by atoms with Crippen molar-refractivity contribution < 1.29 is 24.5 Å². The van der Waals surface area contributed by atoms with Crippen molar-refractivity contribution in [3.8, 4) is 5.75 Å². The van der Waals surface area contributed by atoms with Crippen LogP contribution >= 0.6 is 0 Å². The molecule has 1 aromatic rings. The summed E-state index contributed by atoms with van der Waals surface area (Å²) in [5.74, 6) is -0.403. The Balaban J connectivity index is 2.55. The third kappa shape index (κ3) is 8.48. The van der Waals surface area contributed by atoms with Crippen LogP contribution in [0.2, 0.25) is 0 Å². The lowest BCUT2D eigenvalue weighted by Gasteiger charge is -2.15. The molecule has 0 radical (unpaired) electrons. The Morgan fingerprint density at radius 2 is 1.88 bits per heavy atom. The minimum atomic E-state index is -0.417. The second-order valence-corrected chi connectivity index (χ2v) is 6.26. The molecule has 0 fully saturated rings. The molecule has 0 aliphatic heterocycles. The van der Waals surface area contributed by atoms with Gasteiger partial charge in [0.05, 0.1) is 26.2 Å². The highest BCUT2D eigenvalue weighted by Gasteiger charge is 2.11. The summed E-state index contributed by atoms with van der Waals surface area (Å²) in [6.07, 6.45) is 5.70. The zero-order chi connectivity index (χ0) is 19.5. The van der Waals surface area contributed by atoms with E-state index in [1.807, 2.05) is 19.9 Å². The van der Waals surface area contributed by atoms with Crippen molar-refractivity contribution >= 4 is 11.9 Å². The molecule has 1 aromatic carbocycles. The monoisotopic (exact) mass is 361 g/mol. The maximum atomic E-state index is 12.0. The molecule has 1 rings (SSSR count). The number of amides is 1. The van der Waals surface area contributed by atoms with Crippen LogP contribution in [0.3, 0.4) is 0 Å². The van der Waals surface area contributed by atoms with Crippen molar-refractivity contribution in [2.45, 2.75) is 32.7 Å². The molecule has 0 heterocycles. The molecular weight excluding hydrogens is 334 g/mol. The van der Waals surface area contributed by atoms with Crippen LogP contribution in [0.25, 0.3) is 0 Å². The van der Waals surface area contributed by atoms with Crippen LogP contribution < -0.4 is 5.32 Å². The van der Waals surface area contributed by atoms with Gasteiger partial charge in [0.1, 0.15) is 5.75 Å². The highest BCUT2D eigenvalue weighted by Crippen LogP contribution is 2.12. The largest absolute Gasteiger partial charge is 0.508 e. The van der Waals surface area contributed by atoms with Gasteiger partial charge in [-0.15, -0.1) is 0 Å². The van der Waals surface area contributed by atoms with E-state index in [1.165, 1.54) is 13.2 Å². The molecule has 0 saturated carbocycles. The topological polar surface area (TPSA) is 95.9 Å². The van der Waals surface area contributed by atoms with Crippen LogP contribution in [0.15, 0.2) is 48.1 Å². The normalized spacial score (nSPS) is 14.1. The van der Waals surface area contributed by atoms with Crippen LogP contribution in [0, 0.1) is 5.92 Å². The molecule has 0 aliphatic rings. The molecular formula is C20H27NO5. The maximum Gasteiger partial charge on any atom is 0.306 e. The van der Waals surface area contributed by atoms with Crippen LogP contribution in [0.1, 0.15) is 25.8 Å². The first kappa shape index (κ1) is 21.4. The third-order valence-corrected chi connectivity index (χ3v) is 3.75. The number of hydrogen-bond acceptors (Lipinski definition) is 5. The first-order valence-electron chi connectivity index (χ1n) is 8.46. The zero-order valence-corrected chi connectivity index (χ0v) is 15.4. The summed E-state index contributed by atoms with van der Waals surface area (Å²) >= 11 is 0. The number of aromatic hydroxyl groups is 1. The molecule has 2 atom stereocenters. The first-order valence-corrected chi connectivity index (χ1v) is 8.46. The zero-order valence-electron chi connectivity index (χ0n) is 15.4. The van der Waals surface area contributed by atoms with Crippen molar-refractivity contribution in [1.82, 2.24) is 5.32 Å². The van der Waals surface area contributed by atoms with Crippen LogP contribution in [-0.4, -0.2) is 41.8 Å². The predicted molar refractivity (Wildman–Crippen MR) is 99.5 cm³/mol. The molecule has 1 amide bonds. The summed E-state index contributed by atoms with van der Waals surface area (Å²) < 4.78 is 4.62. The van der Waals surface area contributed by atoms with Gasteiger partial charge in [0, 0.05) is 6.08 Å². The van der Waals surface area contributed by atoms with Gasteiger partial charge in [-0.05, 0) is 37.0 Å². The highest BCUT2D eigenvalue weighted by molar-refractivity contribution is 5.88. The Hall–Kier alpha value is -2.60. The standard InChI is InChI=1S/C20H27NO5/c1-14(10-15(2)11-20(25)26-3)4-9-19(24)21-17(13-22)12-16-5-7-18(23)8-6-16/h4-10,15,17,22-23H,11-13H2,1-3H3,(H,21,24)/b9-4+,14-10+/t15-,17+/m0/s1. The molecule has 0 aromatic heterocycles. The molecule has 3 N–H and O–H groups in total. The van der Waals surface area contributed by atoms with E-state index in [9.17, 15) is 19.8 Å². The molecule has 0 aliphatic carbocycles. The average molecular weight is 361 g/mol. The number of nitrogens with one attached hydrogen (secondary N) is 1. The highest BCUT2D eigenvalue weighted by atomic mass is 16.5. The van der Waals surface area contributed by atoms with Crippen LogP contribution in [-0.2, 0) is 20.7 Å². The Morgan fingerprint density at radius 3 is 2.46 bits per heavy atom. The molecule has 26 heavy (non-hydrogen) atoms. The minimum absolute atomic E-state index is 0.00912. The van der Waals surface area contributed by atoms with Crippen LogP contribution in [0.4, 0.5) is 0 Å². The van der Waals surface area contributed by atoms with Gasteiger partial charge in [-0.1, -0.05) is 36.8 Å². The van der Waals surface area contributed by atoms with E-state index in [2.05, 4.69) is 10.1 Å². The fourth-order valence-corrected chi connectivity index (χ4v) is 2.44. The summed E-state index contributed by atoms with van der Waals surface area (Å²) in [5.41, 5.74) is 1.76. The smallest absolute Gasteiger partial charge is 0.306 e. The Morgan fingerprint density at radius 1 is 1.23 bits per heavy atom. The molecule has 142 valence electrons. The van der Waals surface area contributed by atoms with Gasteiger partial charge in [-0.2, -0.15) is 0 Å². The summed E-state index contributed by atoms with van der Waals surface area (Å²) in [4.78, 5) is 23.2. The van der Waals surface area contributed by atoms with Gasteiger partial charge in [0.2, 0.25) is 5.91 Å². The van der Waals surface area contributed by atoms with Crippen molar-refractivity contribution in [1.29, 1.82) is 0 Å². The number of methoxy groups -OCH3 is 1. The minimum Gasteiger partial charge on any atom is -0.508 e. The number of hydrogen-bond donors (Lipinski definition) is 3. The number of ether oxygens (including phenoxy) is 1. The lowest BCUT2D eigenvalue weighted by atomic mass is 10.0. The SMILES string of the molecule is COC(=O)C[C@@H](C)/C=C(C)/C=C/C(=O)N[C@@H](CO)Cc1ccc(O)cc1. The number of allylic oxidation sites excluding steroid dienone is 3. The van der Waals surface area contributed by atoms with Crippen LogP contribution in [0.5, 0.6) is 5.75 Å². The van der Waals surface area contributed by atoms with E-state index in [4.69, 9.17) is 0 Å². The molecule has 6 heteroatoms. The van der Waals surface area contributed by atoms with Gasteiger partial charge >= 0.3 is 5.97 Å². The summed E-state index contributed by atoms with van der Waals surface area (Å²) in [7, 11) is 1.35. The molecule has 0 spiro atoms. The van der Waals surface area contributed by atoms with E-state index in [0.717, 1.165) is 11.1 Å². The Kier molecular flexibility index (Phi) is 9.15. The number of carbonyl (C=O) groups is 2.